The zero-order valence-corrected chi connectivity index (χ0v) is 11.5. The van der Waals surface area contributed by atoms with Gasteiger partial charge < -0.3 is 10.4 Å². The quantitative estimate of drug-likeness (QED) is 0.816. The maximum absolute atomic E-state index is 11.6. The molecule has 0 saturated heterocycles. The Hall–Kier alpha value is -1.06. The Morgan fingerprint density at radius 3 is 2.05 bits per heavy atom. The van der Waals surface area contributed by atoms with Gasteiger partial charge in [-0.25, -0.2) is 0 Å². The zero-order valence-electron chi connectivity index (χ0n) is 11.5. The van der Waals surface area contributed by atoms with Crippen LogP contribution in [0.5, 0.6) is 0 Å². The predicted molar refractivity (Wildman–Crippen MR) is 70.3 cm³/mol. The predicted octanol–water partition coefficient (Wildman–Crippen LogP) is 1.90. The molecule has 0 aliphatic heterocycles. The second-order valence-electron chi connectivity index (χ2n) is 6.89. The highest BCUT2D eigenvalue weighted by atomic mass is 16.4. The Labute approximate surface area is 113 Å². The van der Waals surface area contributed by atoms with Gasteiger partial charge in [0, 0.05) is 13.5 Å². The molecule has 0 aromatic heterocycles. The van der Waals surface area contributed by atoms with E-state index in [0.717, 1.165) is 11.8 Å². The minimum Gasteiger partial charge on any atom is -0.481 e. The molecule has 4 bridgehead atoms. The smallest absolute Gasteiger partial charge is 0.308 e. The first-order chi connectivity index (χ1) is 9.04. The third-order valence-electron chi connectivity index (χ3n) is 5.65. The highest BCUT2D eigenvalue weighted by molar-refractivity contribution is 5.75. The molecule has 4 saturated carbocycles. The lowest BCUT2D eigenvalue weighted by molar-refractivity contribution is -0.151. The van der Waals surface area contributed by atoms with E-state index in [2.05, 4.69) is 5.32 Å². The molecule has 0 heterocycles. The molecular weight excluding hydrogens is 242 g/mol. The zero-order chi connectivity index (χ0) is 13.6. The topological polar surface area (TPSA) is 66.4 Å². The molecule has 1 amide bonds. The summed E-state index contributed by atoms with van der Waals surface area (Å²) in [5.74, 6) is 1.93. The van der Waals surface area contributed by atoms with Crippen molar-refractivity contribution >= 4 is 11.9 Å². The molecule has 4 rings (SSSR count). The molecule has 106 valence electrons. The molecule has 4 aliphatic rings. The Morgan fingerprint density at radius 2 is 1.63 bits per heavy atom. The first kappa shape index (κ1) is 12.9. The van der Waals surface area contributed by atoms with Gasteiger partial charge in [0.05, 0.1) is 5.92 Å². The Morgan fingerprint density at radius 1 is 1.11 bits per heavy atom. The van der Waals surface area contributed by atoms with Crippen LogP contribution in [0.3, 0.4) is 0 Å². The number of carboxylic acids is 1. The number of hydrogen-bond acceptors (Lipinski definition) is 2. The number of rotatable bonds is 4. The minimum absolute atomic E-state index is 0.130. The number of amides is 1. The van der Waals surface area contributed by atoms with Gasteiger partial charge in [-0.15, -0.1) is 0 Å². The van der Waals surface area contributed by atoms with Gasteiger partial charge in [0.25, 0.3) is 0 Å². The number of carbonyl (C=O) groups excluding carboxylic acids is 1. The van der Waals surface area contributed by atoms with E-state index in [1.807, 2.05) is 0 Å². The van der Waals surface area contributed by atoms with Crippen molar-refractivity contribution in [1.29, 1.82) is 0 Å². The van der Waals surface area contributed by atoms with Crippen molar-refractivity contribution in [3.8, 4) is 0 Å². The van der Waals surface area contributed by atoms with Gasteiger partial charge in [-0.1, -0.05) is 0 Å². The van der Waals surface area contributed by atoms with Crippen molar-refractivity contribution in [2.75, 3.05) is 6.54 Å². The van der Waals surface area contributed by atoms with Crippen LogP contribution in [0.4, 0.5) is 0 Å². The number of carbonyl (C=O) groups is 2. The molecule has 0 radical (unpaired) electrons. The molecule has 4 nitrogen and oxygen atoms in total. The van der Waals surface area contributed by atoms with Gasteiger partial charge in [0.1, 0.15) is 0 Å². The average molecular weight is 265 g/mol. The Kier molecular flexibility index (Phi) is 3.27. The van der Waals surface area contributed by atoms with Crippen LogP contribution >= 0.6 is 0 Å². The van der Waals surface area contributed by atoms with Crippen molar-refractivity contribution < 1.29 is 14.7 Å². The largest absolute Gasteiger partial charge is 0.481 e. The summed E-state index contributed by atoms with van der Waals surface area (Å²) in [5, 5.41) is 12.2. The van der Waals surface area contributed by atoms with Crippen LogP contribution in [-0.4, -0.2) is 23.5 Å². The van der Waals surface area contributed by atoms with Crippen LogP contribution in [0.2, 0.25) is 0 Å². The van der Waals surface area contributed by atoms with E-state index in [1.165, 1.54) is 39.0 Å². The van der Waals surface area contributed by atoms with Crippen LogP contribution in [0.25, 0.3) is 0 Å². The molecule has 0 aromatic rings. The van der Waals surface area contributed by atoms with Crippen molar-refractivity contribution in [3.63, 3.8) is 0 Å². The first-order valence-electron chi connectivity index (χ1n) is 7.51. The van der Waals surface area contributed by atoms with E-state index in [0.29, 0.717) is 18.4 Å². The summed E-state index contributed by atoms with van der Waals surface area (Å²) in [4.78, 5) is 22.6. The number of hydrogen-bond donors (Lipinski definition) is 2. The van der Waals surface area contributed by atoms with Gasteiger partial charge in [0.2, 0.25) is 5.91 Å². The third kappa shape index (κ3) is 2.37. The van der Waals surface area contributed by atoms with Gasteiger partial charge in [-0.05, 0) is 61.7 Å². The number of aliphatic carboxylic acids is 1. The van der Waals surface area contributed by atoms with Crippen molar-refractivity contribution in [3.05, 3.63) is 0 Å². The van der Waals surface area contributed by atoms with Crippen LogP contribution < -0.4 is 5.32 Å². The molecule has 0 aromatic carbocycles. The maximum atomic E-state index is 11.6. The summed E-state index contributed by atoms with van der Waals surface area (Å²) in [6.45, 7) is 1.76. The maximum Gasteiger partial charge on any atom is 0.308 e. The fourth-order valence-corrected chi connectivity index (χ4v) is 5.27. The monoisotopic (exact) mass is 265 g/mol. The van der Waals surface area contributed by atoms with Gasteiger partial charge in [0.15, 0.2) is 0 Å². The van der Waals surface area contributed by atoms with E-state index in [-0.39, 0.29) is 17.7 Å². The summed E-state index contributed by atoms with van der Waals surface area (Å²) in [7, 11) is 0. The molecule has 19 heavy (non-hydrogen) atoms. The van der Waals surface area contributed by atoms with E-state index in [1.54, 1.807) is 0 Å². The number of carboxylic acid groups (broad SMARTS) is 1. The Balaban J connectivity index is 1.75. The Bertz CT molecular complexity index is 365. The van der Waals surface area contributed by atoms with E-state index in [4.69, 9.17) is 0 Å². The summed E-state index contributed by atoms with van der Waals surface area (Å²) in [6, 6.07) is 0. The molecular formula is C15H23NO3. The standard InChI is InChI=1S/C15H23NO3/c1-8(17)16-7-13(15(18)19)14-11-3-9-2-10(5-11)6-12(14)4-9/h9-14H,2-7H2,1H3,(H,16,17)(H,18,19). The fourth-order valence-electron chi connectivity index (χ4n) is 5.27. The normalized spacial score (nSPS) is 41.0. The van der Waals surface area contributed by atoms with Gasteiger partial charge >= 0.3 is 5.97 Å². The fraction of sp³-hybridized carbons (Fsp3) is 0.867. The SMILES string of the molecule is CC(=O)NCC(C(=O)O)C1C2CC3CC(C2)CC1C3. The highest BCUT2D eigenvalue weighted by Crippen LogP contribution is 2.58. The molecule has 4 heteroatoms. The van der Waals surface area contributed by atoms with E-state index >= 15 is 0 Å². The van der Waals surface area contributed by atoms with E-state index in [9.17, 15) is 14.7 Å². The second-order valence-corrected chi connectivity index (χ2v) is 6.89. The summed E-state index contributed by atoms with van der Waals surface area (Å²) >= 11 is 0. The van der Waals surface area contributed by atoms with Crippen molar-refractivity contribution in [2.24, 2.45) is 35.5 Å². The lowest BCUT2D eigenvalue weighted by atomic mass is 9.49. The van der Waals surface area contributed by atoms with Crippen LogP contribution in [0, 0.1) is 35.5 Å². The second kappa shape index (κ2) is 4.80. The van der Waals surface area contributed by atoms with Crippen molar-refractivity contribution in [1.82, 2.24) is 5.32 Å². The van der Waals surface area contributed by atoms with Gasteiger partial charge in [-0.3, -0.25) is 9.59 Å². The molecule has 0 spiro atoms. The lowest BCUT2D eigenvalue weighted by Gasteiger charge is -2.55. The highest BCUT2D eigenvalue weighted by Gasteiger charge is 2.51. The molecule has 2 N–H and O–H groups in total. The summed E-state index contributed by atoms with van der Waals surface area (Å²) in [6.07, 6.45) is 6.27. The summed E-state index contributed by atoms with van der Waals surface area (Å²) in [5.41, 5.74) is 0. The third-order valence-corrected chi connectivity index (χ3v) is 5.65. The van der Waals surface area contributed by atoms with E-state index < -0.39 is 5.97 Å². The molecule has 4 fully saturated rings. The summed E-state index contributed by atoms with van der Waals surface area (Å²) < 4.78 is 0. The minimum atomic E-state index is -0.730. The number of nitrogens with one attached hydrogen (secondary N) is 1. The lowest BCUT2D eigenvalue weighted by Crippen LogP contribution is -2.51. The van der Waals surface area contributed by atoms with Crippen molar-refractivity contribution in [2.45, 2.75) is 39.0 Å². The molecule has 1 unspecified atom stereocenters. The van der Waals surface area contributed by atoms with Gasteiger partial charge in [-0.2, -0.15) is 0 Å². The molecule has 4 aliphatic carbocycles. The van der Waals surface area contributed by atoms with Crippen LogP contribution in [-0.2, 0) is 9.59 Å². The molecule has 1 atom stereocenters. The first-order valence-corrected chi connectivity index (χ1v) is 7.51. The average Bonchev–Trinajstić information content (AvgIpc) is 2.30. The van der Waals surface area contributed by atoms with Crippen LogP contribution in [0.15, 0.2) is 0 Å². The van der Waals surface area contributed by atoms with Crippen LogP contribution in [0.1, 0.15) is 39.0 Å².